The molecule has 0 radical (unpaired) electrons. The van der Waals surface area contributed by atoms with Crippen molar-refractivity contribution in [1.29, 1.82) is 0 Å². The Kier molecular flexibility index (Phi) is 4.72. The molecule has 5 N–H and O–H groups in total. The van der Waals surface area contributed by atoms with Crippen LogP contribution in [0.1, 0.15) is 18.2 Å². The Balaban J connectivity index is 1.43. The van der Waals surface area contributed by atoms with Crippen LogP contribution in [0.2, 0.25) is 0 Å². The first-order chi connectivity index (χ1) is 13.6. The van der Waals surface area contributed by atoms with Gasteiger partial charge in [-0.15, -0.1) is 0 Å². The summed E-state index contributed by atoms with van der Waals surface area (Å²) in [4.78, 5) is 4.05. The second kappa shape index (κ2) is 7.48. The number of hydrogen-bond donors (Lipinski definition) is 3. The van der Waals surface area contributed by atoms with Gasteiger partial charge in [0.25, 0.3) is 0 Å². The van der Waals surface area contributed by atoms with Crippen LogP contribution in [0.5, 0.6) is 5.75 Å². The molecule has 1 aliphatic heterocycles. The SMILES string of the molecule is CC1C=CC=C(Oc2ccc(Cc3cc(-c4ccc(N)nc4N)on3)cc2)N1. The Labute approximate surface area is 162 Å². The van der Waals surface area contributed by atoms with Crippen LogP contribution in [0.4, 0.5) is 11.6 Å². The molecule has 3 heterocycles. The van der Waals surface area contributed by atoms with Crippen molar-refractivity contribution in [2.45, 2.75) is 19.4 Å². The van der Waals surface area contributed by atoms with E-state index in [-0.39, 0.29) is 6.04 Å². The molecule has 1 atom stereocenters. The van der Waals surface area contributed by atoms with E-state index in [4.69, 9.17) is 20.7 Å². The highest BCUT2D eigenvalue weighted by atomic mass is 16.5. The molecular weight excluding hydrogens is 354 g/mol. The van der Waals surface area contributed by atoms with Gasteiger partial charge in [-0.25, -0.2) is 4.98 Å². The number of dihydropyridines is 1. The normalized spacial score (nSPS) is 15.8. The number of benzene rings is 1. The van der Waals surface area contributed by atoms with Gasteiger partial charge in [-0.05, 0) is 42.8 Å². The van der Waals surface area contributed by atoms with Crippen molar-refractivity contribution in [3.05, 3.63) is 77.8 Å². The monoisotopic (exact) mass is 375 g/mol. The summed E-state index contributed by atoms with van der Waals surface area (Å²) >= 11 is 0. The molecule has 2 aromatic heterocycles. The average molecular weight is 375 g/mol. The molecule has 0 bridgehead atoms. The number of aromatic nitrogens is 2. The molecule has 1 aliphatic rings. The highest BCUT2D eigenvalue weighted by Gasteiger charge is 2.12. The molecule has 0 aliphatic carbocycles. The Bertz CT molecular complexity index is 1040. The van der Waals surface area contributed by atoms with Crippen molar-refractivity contribution in [3.63, 3.8) is 0 Å². The van der Waals surface area contributed by atoms with Gasteiger partial charge in [-0.3, -0.25) is 0 Å². The minimum atomic E-state index is 0.255. The van der Waals surface area contributed by atoms with E-state index in [1.54, 1.807) is 12.1 Å². The van der Waals surface area contributed by atoms with Gasteiger partial charge >= 0.3 is 0 Å². The van der Waals surface area contributed by atoms with Crippen LogP contribution in [-0.4, -0.2) is 16.2 Å². The van der Waals surface area contributed by atoms with Gasteiger partial charge in [0.05, 0.1) is 11.3 Å². The smallest absolute Gasteiger partial charge is 0.193 e. The Morgan fingerprint density at radius 3 is 2.71 bits per heavy atom. The summed E-state index contributed by atoms with van der Waals surface area (Å²) < 4.78 is 11.3. The molecule has 1 aromatic carbocycles. The van der Waals surface area contributed by atoms with Crippen molar-refractivity contribution >= 4 is 11.6 Å². The zero-order valence-electron chi connectivity index (χ0n) is 15.4. The van der Waals surface area contributed by atoms with E-state index >= 15 is 0 Å². The predicted molar refractivity (Wildman–Crippen MR) is 108 cm³/mol. The molecule has 0 spiro atoms. The zero-order valence-corrected chi connectivity index (χ0v) is 15.4. The maximum Gasteiger partial charge on any atom is 0.193 e. The first kappa shape index (κ1) is 17.7. The lowest BCUT2D eigenvalue weighted by atomic mass is 10.1. The number of pyridine rings is 1. The van der Waals surface area contributed by atoms with Gasteiger partial charge < -0.3 is 26.0 Å². The highest BCUT2D eigenvalue weighted by Crippen LogP contribution is 2.27. The van der Waals surface area contributed by atoms with Gasteiger partial charge in [-0.2, -0.15) is 0 Å². The predicted octanol–water partition coefficient (Wildman–Crippen LogP) is 3.26. The number of nitrogens with one attached hydrogen (secondary N) is 1. The molecule has 0 saturated heterocycles. The van der Waals surface area contributed by atoms with Gasteiger partial charge in [0.1, 0.15) is 17.4 Å². The van der Waals surface area contributed by atoms with E-state index in [0.717, 1.165) is 22.9 Å². The number of rotatable bonds is 5. The van der Waals surface area contributed by atoms with Crippen molar-refractivity contribution in [2.75, 3.05) is 11.5 Å². The summed E-state index contributed by atoms with van der Waals surface area (Å²) in [6.07, 6.45) is 6.59. The summed E-state index contributed by atoms with van der Waals surface area (Å²) in [7, 11) is 0. The van der Waals surface area contributed by atoms with E-state index in [2.05, 4.69) is 28.5 Å². The second-order valence-corrected chi connectivity index (χ2v) is 6.62. The standard InChI is InChI=1S/C21H21N5O2/c1-13-3-2-4-20(24-13)27-16-7-5-14(6-8-16)11-15-12-18(28-26-15)17-9-10-19(22)25-21(17)23/h2-10,12-13,24H,11H2,1H3,(H4,22,23,25). The molecule has 7 nitrogen and oxygen atoms in total. The maximum absolute atomic E-state index is 5.91. The summed E-state index contributed by atoms with van der Waals surface area (Å²) in [5.74, 6) is 2.76. The topological polar surface area (TPSA) is 112 Å². The number of hydrogen-bond acceptors (Lipinski definition) is 7. The number of nitrogens with zero attached hydrogens (tertiary/aromatic N) is 2. The van der Waals surface area contributed by atoms with E-state index in [1.165, 1.54) is 0 Å². The first-order valence-corrected chi connectivity index (χ1v) is 8.96. The molecule has 142 valence electrons. The first-order valence-electron chi connectivity index (χ1n) is 8.96. The fraction of sp³-hybridized carbons (Fsp3) is 0.143. The number of ether oxygens (including phenoxy) is 1. The largest absolute Gasteiger partial charge is 0.441 e. The molecule has 7 heteroatoms. The maximum atomic E-state index is 5.91. The summed E-state index contributed by atoms with van der Waals surface area (Å²) in [5, 5.41) is 7.38. The van der Waals surface area contributed by atoms with E-state index < -0.39 is 0 Å². The second-order valence-electron chi connectivity index (χ2n) is 6.62. The quantitative estimate of drug-likeness (QED) is 0.627. The number of allylic oxidation sites excluding steroid dienone is 2. The van der Waals surface area contributed by atoms with Crippen LogP contribution >= 0.6 is 0 Å². The average Bonchev–Trinajstić information content (AvgIpc) is 3.11. The third-order valence-electron chi connectivity index (χ3n) is 4.32. The minimum absolute atomic E-state index is 0.255. The lowest BCUT2D eigenvalue weighted by Crippen LogP contribution is -2.28. The molecular formula is C21H21N5O2. The third-order valence-corrected chi connectivity index (χ3v) is 4.32. The van der Waals surface area contributed by atoms with E-state index in [9.17, 15) is 0 Å². The highest BCUT2D eigenvalue weighted by molar-refractivity contribution is 5.71. The molecule has 28 heavy (non-hydrogen) atoms. The van der Waals surface area contributed by atoms with E-state index in [1.807, 2.05) is 42.5 Å². The number of nitrogen functional groups attached to an aromatic ring is 2. The van der Waals surface area contributed by atoms with Gasteiger partial charge in [0.15, 0.2) is 11.6 Å². The fourth-order valence-corrected chi connectivity index (χ4v) is 2.93. The van der Waals surface area contributed by atoms with Crippen molar-refractivity contribution in [3.8, 4) is 17.1 Å². The van der Waals surface area contributed by atoms with Crippen molar-refractivity contribution < 1.29 is 9.26 Å². The van der Waals surface area contributed by atoms with Crippen LogP contribution in [0.15, 0.2) is 71.1 Å². The molecule has 0 amide bonds. The Morgan fingerprint density at radius 2 is 1.96 bits per heavy atom. The van der Waals surface area contributed by atoms with Gasteiger partial charge in [0.2, 0.25) is 0 Å². The zero-order chi connectivity index (χ0) is 19.5. The number of anilines is 2. The molecule has 1 unspecified atom stereocenters. The minimum Gasteiger partial charge on any atom is -0.441 e. The third kappa shape index (κ3) is 3.98. The Morgan fingerprint density at radius 1 is 1.14 bits per heavy atom. The van der Waals surface area contributed by atoms with Crippen LogP contribution in [0.3, 0.4) is 0 Å². The number of nitrogens with two attached hydrogens (primary N) is 2. The molecule has 0 saturated carbocycles. The van der Waals surface area contributed by atoms with E-state index in [0.29, 0.717) is 29.4 Å². The van der Waals surface area contributed by atoms with Crippen LogP contribution in [0, 0.1) is 0 Å². The van der Waals surface area contributed by atoms with Gasteiger partial charge in [-0.1, -0.05) is 29.4 Å². The van der Waals surface area contributed by atoms with Crippen LogP contribution in [0.25, 0.3) is 11.3 Å². The van der Waals surface area contributed by atoms with Crippen molar-refractivity contribution in [1.82, 2.24) is 15.5 Å². The van der Waals surface area contributed by atoms with Crippen molar-refractivity contribution in [2.24, 2.45) is 0 Å². The lowest BCUT2D eigenvalue weighted by molar-refractivity contribution is 0.369. The molecule has 0 fully saturated rings. The summed E-state index contributed by atoms with van der Waals surface area (Å²) in [5.41, 5.74) is 14.1. The molecule has 3 aromatic rings. The van der Waals surface area contributed by atoms with Crippen LogP contribution in [-0.2, 0) is 6.42 Å². The van der Waals surface area contributed by atoms with Crippen LogP contribution < -0.4 is 21.5 Å². The fourth-order valence-electron chi connectivity index (χ4n) is 2.93. The lowest BCUT2D eigenvalue weighted by Gasteiger charge is -2.18. The van der Waals surface area contributed by atoms with Gasteiger partial charge in [0, 0.05) is 18.5 Å². The molecule has 4 rings (SSSR count). The summed E-state index contributed by atoms with van der Waals surface area (Å²) in [6.45, 7) is 2.07. The summed E-state index contributed by atoms with van der Waals surface area (Å²) in [6, 6.07) is 13.5. The Hall–Kier alpha value is -3.74.